The van der Waals surface area contributed by atoms with Crippen LogP contribution in [-0.4, -0.2) is 30.7 Å². The molecule has 33 heavy (non-hydrogen) atoms. The monoisotopic (exact) mass is 436 g/mol. The normalized spacial score (nSPS) is 17.4. The molecular weight excluding hydrogens is 416 g/mol. The third kappa shape index (κ3) is 3.02. The average molecular weight is 436 g/mol. The molecule has 1 aromatic carbocycles. The van der Waals surface area contributed by atoms with Crippen molar-refractivity contribution in [3.8, 4) is 24.1 Å². The van der Waals surface area contributed by atoms with Crippen LogP contribution < -0.4 is 16.2 Å². The number of nitriles is 1. The molecule has 2 atom stereocenters. The number of rotatable bonds is 3. The highest BCUT2D eigenvalue weighted by Crippen LogP contribution is 2.42. The van der Waals surface area contributed by atoms with Crippen LogP contribution in [0.4, 0.5) is 11.8 Å². The largest absolute Gasteiger partial charge is 0.368 e. The molecule has 1 fully saturated rings. The number of nitrogens with two attached hydrogens (primary N) is 1. The van der Waals surface area contributed by atoms with E-state index in [-0.39, 0.29) is 23.5 Å². The molecule has 5 rings (SSSR count). The van der Waals surface area contributed by atoms with Gasteiger partial charge in [0, 0.05) is 18.7 Å². The summed E-state index contributed by atoms with van der Waals surface area (Å²) in [6.45, 7) is 4.42. The number of aromatic nitrogens is 5. The van der Waals surface area contributed by atoms with Gasteiger partial charge in [-0.2, -0.15) is 15.3 Å². The number of hydrogen-bond acceptors (Lipinski definition) is 7. The molecule has 0 radical (unpaired) electrons. The van der Waals surface area contributed by atoms with Crippen molar-refractivity contribution < 1.29 is 0 Å². The number of terminal acetylenes is 1. The molecule has 0 bridgehead atoms. The van der Waals surface area contributed by atoms with Gasteiger partial charge in [-0.1, -0.05) is 31.0 Å². The summed E-state index contributed by atoms with van der Waals surface area (Å²) in [5.74, 6) is 3.75. The summed E-state index contributed by atoms with van der Waals surface area (Å²) in [5, 5.41) is 14.6. The van der Waals surface area contributed by atoms with E-state index >= 15 is 0 Å². The molecule has 9 nitrogen and oxygen atoms in total. The number of aryl methyl sites for hydroxylation is 1. The van der Waals surface area contributed by atoms with Gasteiger partial charge in [-0.05, 0) is 25.1 Å². The average Bonchev–Trinajstić information content (AvgIpc) is 3.21. The molecule has 0 saturated carbocycles. The maximum Gasteiger partial charge on any atom is 0.283 e. The molecule has 0 aliphatic carbocycles. The zero-order valence-corrected chi connectivity index (χ0v) is 18.1. The number of para-hydroxylation sites is 1. The van der Waals surface area contributed by atoms with E-state index < -0.39 is 0 Å². The molecular formula is C24H20N8O. The molecule has 0 amide bonds. The fourth-order valence-corrected chi connectivity index (χ4v) is 4.44. The molecule has 1 aliphatic heterocycles. The third-order valence-electron chi connectivity index (χ3n) is 5.98. The molecule has 4 heterocycles. The van der Waals surface area contributed by atoms with Gasteiger partial charge in [-0.3, -0.25) is 9.36 Å². The first-order valence-electron chi connectivity index (χ1n) is 10.4. The van der Waals surface area contributed by atoms with E-state index in [0.29, 0.717) is 46.2 Å². The Balaban J connectivity index is 1.78. The maximum atomic E-state index is 13.7. The summed E-state index contributed by atoms with van der Waals surface area (Å²) in [6.07, 6.45) is 7.32. The first-order chi connectivity index (χ1) is 15.9. The van der Waals surface area contributed by atoms with Crippen LogP contribution in [0.3, 0.4) is 0 Å². The molecule has 162 valence electrons. The standard InChI is InChI=1S/C24H20N8O/c1-4-16-10-11-31-20(16)23(33)32(17-8-6-5-7-9-17)22(29-31)19-14(2)13-30(19)21-18(12-25)15(3)27-24(26)28-21/h1,5-11,14,19H,13H2,2-3H3,(H2,26,27,28)/t14-,19-/m0/s1. The predicted octanol–water partition coefficient (Wildman–Crippen LogP) is 2.22. The third-order valence-corrected chi connectivity index (χ3v) is 5.98. The highest BCUT2D eigenvalue weighted by Gasteiger charge is 2.43. The lowest BCUT2D eigenvalue weighted by atomic mass is 9.88. The molecule has 3 aromatic heterocycles. The van der Waals surface area contributed by atoms with Crippen LogP contribution in [0.15, 0.2) is 47.4 Å². The Kier molecular flexibility index (Phi) is 4.61. The van der Waals surface area contributed by atoms with Gasteiger partial charge < -0.3 is 10.6 Å². The van der Waals surface area contributed by atoms with Crippen LogP contribution in [0.2, 0.25) is 0 Å². The van der Waals surface area contributed by atoms with E-state index in [9.17, 15) is 10.1 Å². The zero-order chi connectivity index (χ0) is 23.3. The lowest BCUT2D eigenvalue weighted by molar-refractivity contribution is 0.300. The van der Waals surface area contributed by atoms with Gasteiger partial charge in [-0.25, -0.2) is 9.50 Å². The maximum absolute atomic E-state index is 13.7. The van der Waals surface area contributed by atoms with Gasteiger partial charge in [0.25, 0.3) is 5.56 Å². The minimum absolute atomic E-state index is 0.0905. The van der Waals surface area contributed by atoms with Crippen molar-refractivity contribution in [1.82, 2.24) is 24.1 Å². The van der Waals surface area contributed by atoms with E-state index in [1.807, 2.05) is 35.2 Å². The zero-order valence-electron chi connectivity index (χ0n) is 18.1. The van der Waals surface area contributed by atoms with Crippen molar-refractivity contribution in [2.45, 2.75) is 19.9 Å². The van der Waals surface area contributed by atoms with Crippen LogP contribution in [0.5, 0.6) is 0 Å². The summed E-state index contributed by atoms with van der Waals surface area (Å²) >= 11 is 0. The van der Waals surface area contributed by atoms with Gasteiger partial charge in [0.05, 0.1) is 23.0 Å². The van der Waals surface area contributed by atoms with Crippen LogP contribution in [0.1, 0.15) is 35.6 Å². The quantitative estimate of drug-likeness (QED) is 0.489. The second kappa shape index (κ2) is 7.50. The van der Waals surface area contributed by atoms with Crippen molar-refractivity contribution in [3.63, 3.8) is 0 Å². The summed E-state index contributed by atoms with van der Waals surface area (Å²) in [5.41, 5.74) is 7.99. The number of nitrogen functional groups attached to an aromatic ring is 1. The Labute approximate surface area is 189 Å². The minimum Gasteiger partial charge on any atom is -0.368 e. The Morgan fingerprint density at radius 3 is 2.64 bits per heavy atom. The van der Waals surface area contributed by atoms with Crippen LogP contribution in [-0.2, 0) is 0 Å². The summed E-state index contributed by atoms with van der Waals surface area (Å²) < 4.78 is 3.12. The predicted molar refractivity (Wildman–Crippen MR) is 124 cm³/mol. The first kappa shape index (κ1) is 20.3. The van der Waals surface area contributed by atoms with E-state index in [0.717, 1.165) is 0 Å². The van der Waals surface area contributed by atoms with E-state index in [1.54, 1.807) is 23.8 Å². The fraction of sp³-hybridized carbons (Fsp3) is 0.208. The second-order valence-electron chi connectivity index (χ2n) is 8.05. The highest BCUT2D eigenvalue weighted by molar-refractivity contribution is 5.63. The fourth-order valence-electron chi connectivity index (χ4n) is 4.44. The molecule has 4 aromatic rings. The summed E-state index contributed by atoms with van der Waals surface area (Å²) in [4.78, 5) is 24.1. The molecule has 1 saturated heterocycles. The lowest BCUT2D eigenvalue weighted by Crippen LogP contribution is -2.52. The Hall–Kier alpha value is -4.63. The van der Waals surface area contributed by atoms with Gasteiger partial charge in [0.1, 0.15) is 17.1 Å². The number of anilines is 2. The smallest absolute Gasteiger partial charge is 0.283 e. The highest BCUT2D eigenvalue weighted by atomic mass is 16.1. The van der Waals surface area contributed by atoms with E-state index in [2.05, 4.69) is 28.9 Å². The molecule has 0 unspecified atom stereocenters. The minimum atomic E-state index is -0.320. The van der Waals surface area contributed by atoms with Gasteiger partial charge in [0.15, 0.2) is 11.6 Å². The van der Waals surface area contributed by atoms with Crippen LogP contribution in [0.25, 0.3) is 11.2 Å². The van der Waals surface area contributed by atoms with Crippen molar-refractivity contribution in [2.24, 2.45) is 5.92 Å². The Morgan fingerprint density at radius 2 is 1.97 bits per heavy atom. The number of benzene rings is 1. The number of nitrogens with zero attached hydrogens (tertiary/aromatic N) is 7. The van der Waals surface area contributed by atoms with Crippen LogP contribution in [0, 0.1) is 36.5 Å². The second-order valence-corrected chi connectivity index (χ2v) is 8.05. The SMILES string of the molecule is C#Cc1ccn2nc([C@@H]3[C@@H](C)CN3c3nc(N)nc(C)c3C#N)n(-c3ccccc3)c(=O)c12. The van der Waals surface area contributed by atoms with Crippen molar-refractivity contribution >= 4 is 17.3 Å². The van der Waals surface area contributed by atoms with Gasteiger partial charge >= 0.3 is 0 Å². The van der Waals surface area contributed by atoms with Gasteiger partial charge in [0.2, 0.25) is 5.95 Å². The lowest BCUT2D eigenvalue weighted by Gasteiger charge is -2.47. The van der Waals surface area contributed by atoms with E-state index in [1.165, 1.54) is 4.52 Å². The Morgan fingerprint density at radius 1 is 1.21 bits per heavy atom. The van der Waals surface area contributed by atoms with Crippen LogP contribution >= 0.6 is 0 Å². The molecule has 9 heteroatoms. The molecule has 0 spiro atoms. The van der Waals surface area contributed by atoms with Crippen molar-refractivity contribution in [3.05, 3.63) is 75.6 Å². The van der Waals surface area contributed by atoms with E-state index in [4.69, 9.17) is 17.3 Å². The topological polar surface area (TPSA) is 118 Å². The van der Waals surface area contributed by atoms with Crippen molar-refractivity contribution in [1.29, 1.82) is 5.26 Å². The summed E-state index contributed by atoms with van der Waals surface area (Å²) in [6, 6.07) is 12.9. The molecule has 2 N–H and O–H groups in total. The number of hydrogen-bond donors (Lipinski definition) is 1. The number of fused-ring (bicyclic) bond motifs is 1. The Bertz CT molecular complexity index is 1540. The van der Waals surface area contributed by atoms with Crippen molar-refractivity contribution in [2.75, 3.05) is 17.2 Å². The molecule has 1 aliphatic rings. The van der Waals surface area contributed by atoms with Gasteiger partial charge in [-0.15, -0.1) is 6.42 Å². The first-order valence-corrected chi connectivity index (χ1v) is 10.4. The summed E-state index contributed by atoms with van der Waals surface area (Å²) in [7, 11) is 0.